The van der Waals surface area contributed by atoms with Crippen LogP contribution in [-0.2, 0) is 16.1 Å². The van der Waals surface area contributed by atoms with E-state index < -0.39 is 12.0 Å². The fourth-order valence-electron chi connectivity index (χ4n) is 2.23. The molecule has 1 amide bonds. The lowest BCUT2D eigenvalue weighted by Crippen LogP contribution is -2.37. The van der Waals surface area contributed by atoms with Crippen LogP contribution in [0.1, 0.15) is 32.3 Å². The minimum atomic E-state index is -0.988. The highest BCUT2D eigenvalue weighted by Crippen LogP contribution is 2.21. The van der Waals surface area contributed by atoms with Crippen LogP contribution in [-0.4, -0.2) is 41.0 Å². The Bertz CT molecular complexity index is 489. The number of halogens is 1. The van der Waals surface area contributed by atoms with E-state index in [9.17, 15) is 14.0 Å². The first-order chi connectivity index (χ1) is 10.5. The molecule has 1 aromatic rings. The average Bonchev–Trinajstić information content (AvgIpc) is 2.84. The van der Waals surface area contributed by atoms with Crippen LogP contribution in [0.25, 0.3) is 0 Å². The second kappa shape index (κ2) is 9.15. The van der Waals surface area contributed by atoms with Crippen molar-refractivity contribution < 1.29 is 19.1 Å². The summed E-state index contributed by atoms with van der Waals surface area (Å²) in [5.41, 5.74) is 0.730. The van der Waals surface area contributed by atoms with E-state index in [2.05, 4.69) is 19.2 Å². The number of hydrogen-bond donors (Lipinski definition) is 2. The molecule has 1 aliphatic rings. The average molecular weight is 310 g/mol. The van der Waals surface area contributed by atoms with Gasteiger partial charge in [0.25, 0.3) is 0 Å². The van der Waals surface area contributed by atoms with Crippen LogP contribution in [0.3, 0.4) is 0 Å². The highest BCUT2D eigenvalue weighted by atomic mass is 19.1. The number of aliphatic carboxylic acids is 1. The SMILES string of the molecule is CCNCC.O=C(O)[C@@H]1CCC(=O)N1Cc1ccc(F)cc1. The molecule has 1 fully saturated rings. The lowest BCUT2D eigenvalue weighted by atomic mass is 10.2. The number of nitrogens with one attached hydrogen (secondary N) is 1. The second-order valence-electron chi connectivity index (χ2n) is 5.00. The standard InChI is InChI=1S/C12H12FNO3.C4H11N/c13-9-3-1-8(2-4-9)7-14-10(12(16)17)5-6-11(14)15;1-3-5-4-2/h1-4,10H,5-7H2,(H,16,17);5H,3-4H2,1-2H3/t10-;/m0./s1. The van der Waals surface area contributed by atoms with Gasteiger partial charge in [-0.15, -0.1) is 0 Å². The van der Waals surface area contributed by atoms with Gasteiger partial charge in [-0.2, -0.15) is 0 Å². The van der Waals surface area contributed by atoms with Gasteiger partial charge in [-0.3, -0.25) is 4.79 Å². The van der Waals surface area contributed by atoms with E-state index in [1.807, 2.05) is 0 Å². The first-order valence-electron chi connectivity index (χ1n) is 7.47. The second-order valence-corrected chi connectivity index (χ2v) is 5.00. The van der Waals surface area contributed by atoms with Crippen molar-refractivity contribution in [1.82, 2.24) is 10.2 Å². The van der Waals surface area contributed by atoms with Crippen molar-refractivity contribution in [2.75, 3.05) is 13.1 Å². The zero-order chi connectivity index (χ0) is 16.5. The topological polar surface area (TPSA) is 69.6 Å². The minimum Gasteiger partial charge on any atom is -0.480 e. The third kappa shape index (κ3) is 5.44. The predicted molar refractivity (Wildman–Crippen MR) is 81.8 cm³/mol. The molecule has 122 valence electrons. The molecular weight excluding hydrogens is 287 g/mol. The zero-order valence-electron chi connectivity index (χ0n) is 13.0. The summed E-state index contributed by atoms with van der Waals surface area (Å²) in [5, 5.41) is 12.1. The Kier molecular flexibility index (Phi) is 7.52. The lowest BCUT2D eigenvalue weighted by molar-refractivity contribution is -0.146. The maximum atomic E-state index is 12.7. The van der Waals surface area contributed by atoms with E-state index in [0.717, 1.165) is 18.7 Å². The predicted octanol–water partition coefficient (Wildman–Crippen LogP) is 2.02. The Morgan fingerprint density at radius 3 is 2.36 bits per heavy atom. The van der Waals surface area contributed by atoms with Crippen molar-refractivity contribution in [2.24, 2.45) is 0 Å². The molecule has 2 rings (SSSR count). The molecule has 6 heteroatoms. The molecular formula is C16H23FN2O3. The Hall–Kier alpha value is -1.95. The summed E-state index contributed by atoms with van der Waals surface area (Å²) in [4.78, 5) is 23.8. The molecule has 5 nitrogen and oxygen atoms in total. The quantitative estimate of drug-likeness (QED) is 0.873. The van der Waals surface area contributed by atoms with Crippen LogP contribution in [0.2, 0.25) is 0 Å². The van der Waals surface area contributed by atoms with E-state index in [1.54, 1.807) is 12.1 Å². The van der Waals surface area contributed by atoms with E-state index in [0.29, 0.717) is 6.42 Å². The van der Waals surface area contributed by atoms with Crippen molar-refractivity contribution in [3.63, 3.8) is 0 Å². The smallest absolute Gasteiger partial charge is 0.326 e. The van der Waals surface area contributed by atoms with Gasteiger partial charge in [0, 0.05) is 13.0 Å². The molecule has 0 aliphatic carbocycles. The summed E-state index contributed by atoms with van der Waals surface area (Å²) in [6.07, 6.45) is 0.605. The van der Waals surface area contributed by atoms with Crippen LogP contribution in [0, 0.1) is 5.82 Å². The van der Waals surface area contributed by atoms with Crippen LogP contribution in [0.15, 0.2) is 24.3 Å². The van der Waals surface area contributed by atoms with Crippen molar-refractivity contribution in [3.05, 3.63) is 35.6 Å². The summed E-state index contributed by atoms with van der Waals surface area (Å²) in [5.74, 6) is -1.50. The monoisotopic (exact) mass is 310 g/mol. The molecule has 0 radical (unpaired) electrons. The van der Waals surface area contributed by atoms with E-state index >= 15 is 0 Å². The van der Waals surface area contributed by atoms with E-state index in [4.69, 9.17) is 5.11 Å². The number of rotatable bonds is 5. The normalized spacial score (nSPS) is 17.1. The summed E-state index contributed by atoms with van der Waals surface area (Å²) in [6.45, 7) is 6.61. The minimum absolute atomic E-state index is 0.165. The Labute approximate surface area is 130 Å². The van der Waals surface area contributed by atoms with Crippen molar-refractivity contribution in [3.8, 4) is 0 Å². The molecule has 22 heavy (non-hydrogen) atoms. The zero-order valence-corrected chi connectivity index (χ0v) is 13.0. The number of amides is 1. The highest BCUT2D eigenvalue weighted by molar-refractivity contribution is 5.87. The van der Waals surface area contributed by atoms with Gasteiger partial charge in [0.2, 0.25) is 5.91 Å². The maximum absolute atomic E-state index is 12.7. The molecule has 0 bridgehead atoms. The first-order valence-corrected chi connectivity index (χ1v) is 7.47. The fourth-order valence-corrected chi connectivity index (χ4v) is 2.23. The Morgan fingerprint density at radius 1 is 1.32 bits per heavy atom. The lowest BCUT2D eigenvalue weighted by Gasteiger charge is -2.21. The van der Waals surface area contributed by atoms with Crippen molar-refractivity contribution >= 4 is 11.9 Å². The number of nitrogens with zero attached hydrogens (tertiary/aromatic N) is 1. The summed E-state index contributed by atoms with van der Waals surface area (Å²) < 4.78 is 12.7. The molecule has 0 unspecified atom stereocenters. The number of likely N-dealkylation sites (tertiary alicyclic amines) is 1. The Balaban J connectivity index is 0.000000422. The number of carboxylic acids is 1. The van der Waals surface area contributed by atoms with Crippen molar-refractivity contribution in [1.29, 1.82) is 0 Å². The van der Waals surface area contributed by atoms with Gasteiger partial charge in [-0.05, 0) is 37.2 Å². The van der Waals surface area contributed by atoms with Crippen LogP contribution in [0.4, 0.5) is 4.39 Å². The van der Waals surface area contributed by atoms with E-state index in [-0.39, 0.29) is 24.7 Å². The third-order valence-electron chi connectivity index (χ3n) is 3.38. The molecule has 0 spiro atoms. The Morgan fingerprint density at radius 2 is 1.91 bits per heavy atom. The fraction of sp³-hybridized carbons (Fsp3) is 0.500. The van der Waals surface area contributed by atoms with Gasteiger partial charge in [-0.1, -0.05) is 26.0 Å². The summed E-state index contributed by atoms with van der Waals surface area (Å²) in [7, 11) is 0. The number of carbonyl (C=O) groups excluding carboxylic acids is 1. The van der Waals surface area contributed by atoms with Gasteiger partial charge in [0.05, 0.1) is 0 Å². The molecule has 1 saturated heterocycles. The van der Waals surface area contributed by atoms with Gasteiger partial charge < -0.3 is 15.3 Å². The molecule has 0 aromatic heterocycles. The number of benzene rings is 1. The van der Waals surface area contributed by atoms with Gasteiger partial charge in [0.15, 0.2) is 0 Å². The summed E-state index contributed by atoms with van der Waals surface area (Å²) in [6, 6.07) is 4.95. The largest absolute Gasteiger partial charge is 0.480 e. The van der Waals surface area contributed by atoms with Crippen LogP contribution in [0.5, 0.6) is 0 Å². The van der Waals surface area contributed by atoms with Gasteiger partial charge >= 0.3 is 5.97 Å². The van der Waals surface area contributed by atoms with Crippen LogP contribution >= 0.6 is 0 Å². The number of carboxylic acid groups (broad SMARTS) is 1. The number of carbonyl (C=O) groups is 2. The molecule has 1 aliphatic heterocycles. The third-order valence-corrected chi connectivity index (χ3v) is 3.38. The van der Waals surface area contributed by atoms with Gasteiger partial charge in [-0.25, -0.2) is 9.18 Å². The molecule has 2 N–H and O–H groups in total. The molecule has 1 aromatic carbocycles. The first kappa shape index (κ1) is 18.1. The van der Waals surface area contributed by atoms with Crippen molar-refractivity contribution in [2.45, 2.75) is 39.3 Å². The molecule has 1 atom stereocenters. The maximum Gasteiger partial charge on any atom is 0.326 e. The number of hydrogen-bond acceptors (Lipinski definition) is 3. The van der Waals surface area contributed by atoms with Crippen LogP contribution < -0.4 is 5.32 Å². The van der Waals surface area contributed by atoms with E-state index in [1.165, 1.54) is 17.0 Å². The summed E-state index contributed by atoms with van der Waals surface area (Å²) >= 11 is 0. The van der Waals surface area contributed by atoms with Gasteiger partial charge in [0.1, 0.15) is 11.9 Å². The molecule has 0 saturated carbocycles. The molecule has 1 heterocycles. The highest BCUT2D eigenvalue weighted by Gasteiger charge is 2.35.